The lowest BCUT2D eigenvalue weighted by Crippen LogP contribution is -1.83. The fraction of sp³-hybridized carbons (Fsp3) is 0.273. The average Bonchev–Trinajstić information content (AvgIpc) is 2.08. The van der Waals surface area contributed by atoms with Crippen LogP contribution < -0.4 is 0 Å². The Balaban J connectivity index is 2.37. The molecule has 0 heterocycles. The van der Waals surface area contributed by atoms with E-state index in [0.717, 1.165) is 16.0 Å². The van der Waals surface area contributed by atoms with Crippen LogP contribution in [0.4, 0.5) is 0 Å². The molecule has 13 heavy (non-hydrogen) atoms. The molecule has 0 aliphatic rings. The lowest BCUT2D eigenvalue weighted by molar-refractivity contribution is 1.38. The van der Waals surface area contributed by atoms with Gasteiger partial charge in [-0.15, -0.1) is 0 Å². The van der Waals surface area contributed by atoms with Crippen molar-refractivity contribution in [2.24, 2.45) is 0 Å². The molecule has 1 rings (SSSR count). The van der Waals surface area contributed by atoms with Crippen LogP contribution in [0.25, 0.3) is 0 Å². The second-order valence-electron chi connectivity index (χ2n) is 3.08. The smallest absolute Gasteiger partial charge is 0.0187 e. The third kappa shape index (κ3) is 4.53. The molecule has 0 saturated heterocycles. The fourth-order valence-corrected chi connectivity index (χ4v) is 2.07. The van der Waals surface area contributed by atoms with E-state index >= 15 is 0 Å². The predicted octanol–water partition coefficient (Wildman–Crippen LogP) is 4.26. The van der Waals surface area contributed by atoms with E-state index in [9.17, 15) is 0 Å². The lowest BCUT2D eigenvalue weighted by atomic mass is 10.2. The van der Waals surface area contributed by atoms with E-state index in [4.69, 9.17) is 0 Å². The highest BCUT2D eigenvalue weighted by Crippen LogP contribution is 2.16. The van der Waals surface area contributed by atoms with Gasteiger partial charge in [0.25, 0.3) is 0 Å². The first kappa shape index (κ1) is 10.9. The molecule has 0 amide bonds. The lowest BCUT2D eigenvalue weighted by Gasteiger charge is -2.01. The monoisotopic (exact) mass is 256 g/mol. The third-order valence-electron chi connectivity index (χ3n) is 1.53. The Hall–Kier alpha value is -0.210. The average molecular weight is 257 g/mol. The first-order chi connectivity index (χ1) is 6.18. The summed E-state index contributed by atoms with van der Waals surface area (Å²) in [6.45, 7) is 5.94. The van der Waals surface area contributed by atoms with Crippen LogP contribution in [0.3, 0.4) is 0 Å². The molecule has 2 heteroatoms. The van der Waals surface area contributed by atoms with Crippen molar-refractivity contribution in [3.63, 3.8) is 0 Å². The number of halogens is 1. The quantitative estimate of drug-likeness (QED) is 0.726. The molecule has 0 N–H and O–H groups in total. The van der Waals surface area contributed by atoms with Gasteiger partial charge in [0, 0.05) is 16.0 Å². The summed E-state index contributed by atoms with van der Waals surface area (Å²) in [4.78, 5) is 0. The van der Waals surface area contributed by atoms with Gasteiger partial charge in [-0.05, 0) is 24.6 Å². The molecule has 0 spiro atoms. The molecule has 0 aliphatic heterocycles. The molecule has 0 fully saturated rings. The van der Waals surface area contributed by atoms with Crippen molar-refractivity contribution in [1.82, 2.24) is 0 Å². The van der Waals surface area contributed by atoms with Crippen LogP contribution in [0.15, 0.2) is 40.9 Å². The minimum Gasteiger partial charge on any atom is -0.153 e. The largest absolute Gasteiger partial charge is 0.153 e. The highest BCUT2D eigenvalue weighted by molar-refractivity contribution is 9.10. The molecular formula is C11H13BrS. The van der Waals surface area contributed by atoms with Gasteiger partial charge in [0.05, 0.1) is 0 Å². The molecular weight excluding hydrogens is 244 g/mol. The maximum atomic E-state index is 3.87. The summed E-state index contributed by atoms with van der Waals surface area (Å²) in [5.41, 5.74) is 2.61. The van der Waals surface area contributed by atoms with Crippen molar-refractivity contribution in [2.75, 3.05) is 5.75 Å². The molecule has 0 radical (unpaired) electrons. The van der Waals surface area contributed by atoms with Gasteiger partial charge in [-0.2, -0.15) is 11.8 Å². The summed E-state index contributed by atoms with van der Waals surface area (Å²) in [7, 11) is 0. The van der Waals surface area contributed by atoms with E-state index in [-0.39, 0.29) is 0 Å². The van der Waals surface area contributed by atoms with Crippen molar-refractivity contribution >= 4 is 27.7 Å². The molecule has 1 aromatic carbocycles. The van der Waals surface area contributed by atoms with Crippen LogP contribution in [0.2, 0.25) is 0 Å². The highest BCUT2D eigenvalue weighted by atomic mass is 79.9. The minimum atomic E-state index is 1.05. The molecule has 0 saturated carbocycles. The van der Waals surface area contributed by atoms with Gasteiger partial charge in [-0.3, -0.25) is 0 Å². The summed E-state index contributed by atoms with van der Waals surface area (Å²) in [6.07, 6.45) is 0. The number of benzene rings is 1. The number of hydrogen-bond acceptors (Lipinski definition) is 1. The second kappa shape index (κ2) is 5.51. The maximum Gasteiger partial charge on any atom is 0.0187 e. The van der Waals surface area contributed by atoms with Gasteiger partial charge in [0.15, 0.2) is 0 Å². The molecule has 1 aromatic rings. The first-order valence-corrected chi connectivity index (χ1v) is 6.10. The summed E-state index contributed by atoms with van der Waals surface area (Å²) in [5.74, 6) is 2.12. The molecule has 70 valence electrons. The van der Waals surface area contributed by atoms with Crippen LogP contribution in [0.5, 0.6) is 0 Å². The van der Waals surface area contributed by atoms with E-state index in [1.54, 1.807) is 0 Å². The van der Waals surface area contributed by atoms with E-state index in [2.05, 4.69) is 53.7 Å². The van der Waals surface area contributed by atoms with Crippen LogP contribution in [-0.2, 0) is 5.75 Å². The zero-order valence-corrected chi connectivity index (χ0v) is 10.1. The summed E-state index contributed by atoms with van der Waals surface area (Å²) in [5, 5.41) is 0. The summed E-state index contributed by atoms with van der Waals surface area (Å²) < 4.78 is 1.14. The standard InChI is InChI=1S/C11H13BrS/c1-9(2)7-13-8-10-3-5-11(12)6-4-10/h3-6H,1,7-8H2,2H3. The van der Waals surface area contributed by atoms with E-state index in [1.807, 2.05) is 11.8 Å². The van der Waals surface area contributed by atoms with Crippen LogP contribution in [0.1, 0.15) is 12.5 Å². The Kier molecular flexibility index (Phi) is 4.60. The fourth-order valence-electron chi connectivity index (χ4n) is 0.924. The normalized spacial score (nSPS) is 10.0. The van der Waals surface area contributed by atoms with E-state index < -0.39 is 0 Å². The van der Waals surface area contributed by atoms with Gasteiger partial charge in [-0.25, -0.2) is 0 Å². The highest BCUT2D eigenvalue weighted by Gasteiger charge is 1.93. The van der Waals surface area contributed by atoms with Gasteiger partial charge in [0.1, 0.15) is 0 Å². The Bertz CT molecular complexity index is 277. The van der Waals surface area contributed by atoms with Crippen molar-refractivity contribution in [3.8, 4) is 0 Å². The molecule has 0 aliphatic carbocycles. The van der Waals surface area contributed by atoms with Crippen LogP contribution in [0, 0.1) is 0 Å². The number of hydrogen-bond donors (Lipinski definition) is 0. The Labute approximate surface area is 92.6 Å². The van der Waals surface area contributed by atoms with E-state index in [1.165, 1.54) is 11.1 Å². The van der Waals surface area contributed by atoms with Gasteiger partial charge < -0.3 is 0 Å². The summed E-state index contributed by atoms with van der Waals surface area (Å²) in [6, 6.07) is 8.46. The summed E-state index contributed by atoms with van der Waals surface area (Å²) >= 11 is 5.32. The van der Waals surface area contributed by atoms with Gasteiger partial charge >= 0.3 is 0 Å². The van der Waals surface area contributed by atoms with Crippen molar-refractivity contribution in [2.45, 2.75) is 12.7 Å². The zero-order chi connectivity index (χ0) is 9.68. The number of rotatable bonds is 4. The Morgan fingerprint density at radius 3 is 2.54 bits per heavy atom. The molecule has 0 atom stereocenters. The first-order valence-electron chi connectivity index (χ1n) is 4.15. The van der Waals surface area contributed by atoms with Crippen molar-refractivity contribution < 1.29 is 0 Å². The van der Waals surface area contributed by atoms with Crippen molar-refractivity contribution in [1.29, 1.82) is 0 Å². The predicted molar refractivity (Wildman–Crippen MR) is 65.1 cm³/mol. The van der Waals surface area contributed by atoms with Crippen molar-refractivity contribution in [3.05, 3.63) is 46.5 Å². The molecule has 0 nitrogen and oxygen atoms in total. The van der Waals surface area contributed by atoms with Gasteiger partial charge in [-0.1, -0.05) is 40.2 Å². The third-order valence-corrected chi connectivity index (χ3v) is 3.29. The van der Waals surface area contributed by atoms with E-state index in [0.29, 0.717) is 0 Å². The topological polar surface area (TPSA) is 0 Å². The van der Waals surface area contributed by atoms with Crippen LogP contribution in [-0.4, -0.2) is 5.75 Å². The SMILES string of the molecule is C=C(C)CSCc1ccc(Br)cc1. The molecule has 0 aromatic heterocycles. The Morgan fingerprint density at radius 2 is 2.00 bits per heavy atom. The maximum absolute atomic E-state index is 3.87. The zero-order valence-electron chi connectivity index (χ0n) is 7.72. The molecule has 0 unspecified atom stereocenters. The van der Waals surface area contributed by atoms with Crippen LogP contribution >= 0.6 is 27.7 Å². The number of thioether (sulfide) groups is 1. The Morgan fingerprint density at radius 1 is 1.38 bits per heavy atom. The minimum absolute atomic E-state index is 1.05. The molecule has 0 bridgehead atoms. The second-order valence-corrected chi connectivity index (χ2v) is 4.98. The van der Waals surface area contributed by atoms with Gasteiger partial charge in [0.2, 0.25) is 0 Å².